The van der Waals surface area contributed by atoms with Crippen LogP contribution in [0.5, 0.6) is 5.75 Å². The minimum absolute atomic E-state index is 0. The van der Waals surface area contributed by atoms with E-state index in [0.717, 1.165) is 72.4 Å². The summed E-state index contributed by atoms with van der Waals surface area (Å²) in [4.78, 5) is 9.42. The van der Waals surface area contributed by atoms with E-state index in [2.05, 4.69) is 165 Å². The number of phenols is 1. The second-order valence-corrected chi connectivity index (χ2v) is 23.6. The van der Waals surface area contributed by atoms with Gasteiger partial charge >= 0.3 is 0 Å². The smallest absolute Gasteiger partial charge is 0.148 e. The van der Waals surface area contributed by atoms with Crippen LogP contribution in [0.15, 0.2) is 128 Å². The van der Waals surface area contributed by atoms with E-state index in [1.807, 2.05) is 54.5 Å². The number of nitrogens with zero attached hydrogens (tertiary/aromatic N) is 3. The third kappa shape index (κ3) is 12.2. The molecule has 8 aromatic rings. The van der Waals surface area contributed by atoms with Gasteiger partial charge in [-0.3, -0.25) is 9.55 Å². The molecule has 8 rings (SSSR count). The van der Waals surface area contributed by atoms with Gasteiger partial charge in [-0.1, -0.05) is 190 Å². The Kier molecular flexibility index (Phi) is 13.7. The van der Waals surface area contributed by atoms with Crippen molar-refractivity contribution in [1.29, 1.82) is 0 Å². The largest absolute Gasteiger partial charge is 0.507 e. The van der Waals surface area contributed by atoms with E-state index in [1.165, 1.54) is 5.56 Å². The normalized spacial score (nSPS) is 13.8. The van der Waals surface area contributed by atoms with Gasteiger partial charge in [0, 0.05) is 41.8 Å². The van der Waals surface area contributed by atoms with Gasteiger partial charge in [0.25, 0.3) is 0 Å². The molecule has 0 aliphatic rings. The average Bonchev–Trinajstić information content (AvgIpc) is 3.68. The molecular weight excluding hydrogens is 1050 g/mol. The summed E-state index contributed by atoms with van der Waals surface area (Å²) < 4.78 is 52.6. The number of hydrogen-bond donors (Lipinski definition) is 1. The number of aryl methyl sites for hydroxylation is 2. The zero-order valence-corrected chi connectivity index (χ0v) is 47.7. The van der Waals surface area contributed by atoms with E-state index in [9.17, 15) is 5.11 Å². The molecule has 2 aromatic heterocycles. The van der Waals surface area contributed by atoms with Crippen LogP contribution in [0.4, 0.5) is 0 Å². The minimum atomic E-state index is -0.814. The van der Waals surface area contributed by atoms with Crippen molar-refractivity contribution in [1.82, 2.24) is 14.5 Å². The summed E-state index contributed by atoms with van der Waals surface area (Å²) in [6, 6.07) is 34.9. The second kappa shape index (κ2) is 20.9. The van der Waals surface area contributed by atoms with E-state index in [4.69, 9.17) is 13.2 Å². The Hall–Kier alpha value is -5.57. The molecule has 0 aliphatic heterocycles. The van der Waals surface area contributed by atoms with Gasteiger partial charge in [0.2, 0.25) is 0 Å². The van der Waals surface area contributed by atoms with Crippen molar-refractivity contribution in [3.05, 3.63) is 178 Å². The SMILES string of the molecule is [2H]C(C)(C)c1cc(-c2ccc(-n3c(-c4cc(C(C)(C)C)cc(C(C)(C)C)c4O)nc4c(-c5[c-]c(C)cc(C(C)(C)C)c5)cccc43)c(C)c2)cc(C([2H])(C)C)c1.[2H]c1c([2H])c(C(C)(C)C)c([2H])c([2H])c1-c1ccncc1.[Pt]. The third-order valence-electron chi connectivity index (χ3n) is 13.1. The standard InChI is InChI=1S/C51H61N2O.C15H17N.Pt/c1-30(2)35-24-36(31(3)4)26-37(25-35)34-19-20-44(33(6)23-34)53-45-18-16-17-41(38-21-32(5)22-39(27-38)49(7,8)9)46(45)52-48(53)42-28-40(50(10,11)12)29-43(47(42)54)51(13,14)15;1-15(2,3)14-6-4-12(5-7-14)13-8-10-16-11-9-13;/h16-20,22-31,54H,1-15H3;4-11H,1-3H3;/q-1;;/i30D,31D;4D,5D,6D,7D;. The second-order valence-electron chi connectivity index (χ2n) is 23.6. The molecule has 0 saturated carbocycles. The quantitative estimate of drug-likeness (QED) is 0.162. The summed E-state index contributed by atoms with van der Waals surface area (Å²) in [7, 11) is 0. The van der Waals surface area contributed by atoms with Crippen LogP contribution < -0.4 is 0 Å². The fourth-order valence-corrected chi connectivity index (χ4v) is 8.65. The molecule has 0 atom stereocenters. The van der Waals surface area contributed by atoms with Crippen molar-refractivity contribution in [2.75, 3.05) is 0 Å². The molecule has 0 aliphatic carbocycles. The van der Waals surface area contributed by atoms with Gasteiger partial charge in [-0.15, -0.1) is 34.9 Å². The number of para-hydroxylation sites is 1. The fraction of sp³-hybridized carbons (Fsp3) is 0.364. The molecule has 2 heterocycles. The maximum Gasteiger partial charge on any atom is 0.148 e. The topological polar surface area (TPSA) is 50.9 Å². The number of benzene rings is 6. The van der Waals surface area contributed by atoms with E-state index in [-0.39, 0.29) is 67.2 Å². The zero-order valence-electron chi connectivity index (χ0n) is 51.4. The van der Waals surface area contributed by atoms with Crippen LogP contribution in [0.2, 0.25) is 0 Å². The van der Waals surface area contributed by atoms with Crippen LogP contribution in [0, 0.1) is 19.9 Å². The predicted octanol–water partition coefficient (Wildman–Crippen LogP) is 18.3. The molecule has 0 bridgehead atoms. The van der Waals surface area contributed by atoms with Gasteiger partial charge < -0.3 is 5.11 Å². The maximum absolute atomic E-state index is 12.3. The van der Waals surface area contributed by atoms with E-state index in [1.54, 1.807) is 24.5 Å². The minimum Gasteiger partial charge on any atom is -0.507 e. The molecule has 1 N–H and O–H groups in total. The zero-order chi connectivity index (χ0) is 56.6. The molecule has 0 radical (unpaired) electrons. The number of imidazole rings is 1. The van der Waals surface area contributed by atoms with Gasteiger partial charge in [-0.25, -0.2) is 4.98 Å². The van der Waals surface area contributed by atoms with Gasteiger partial charge in [0.05, 0.1) is 27.8 Å². The molecule has 5 heteroatoms. The molecule has 0 spiro atoms. The van der Waals surface area contributed by atoms with Crippen molar-refractivity contribution in [2.24, 2.45) is 0 Å². The summed E-state index contributed by atoms with van der Waals surface area (Å²) in [5.74, 6) is -0.705. The first kappa shape index (κ1) is 46.5. The number of hydrogen-bond acceptors (Lipinski definition) is 3. The summed E-state index contributed by atoms with van der Waals surface area (Å²) in [5, 5.41) is 12.3. The van der Waals surface area contributed by atoms with Crippen molar-refractivity contribution in [3.8, 4) is 56.2 Å². The third-order valence-corrected chi connectivity index (χ3v) is 13.1. The Labute approximate surface area is 450 Å². The van der Waals surface area contributed by atoms with Crippen LogP contribution in [0.3, 0.4) is 0 Å². The number of aromatic nitrogens is 3. The predicted molar refractivity (Wildman–Crippen MR) is 300 cm³/mol. The number of fused-ring (bicyclic) bond motifs is 1. The van der Waals surface area contributed by atoms with Crippen LogP contribution in [0.1, 0.15) is 175 Å². The van der Waals surface area contributed by atoms with Crippen molar-refractivity contribution < 1.29 is 34.4 Å². The first-order valence-electron chi connectivity index (χ1n) is 27.6. The Bertz CT molecular complexity index is 3440. The molecule has 0 fully saturated rings. The molecule has 0 amide bonds. The summed E-state index contributed by atoms with van der Waals surface area (Å²) in [5.41, 5.74) is 15.1. The first-order chi connectivity index (χ1) is 34.9. The van der Waals surface area contributed by atoms with E-state index < -0.39 is 17.2 Å². The summed E-state index contributed by atoms with van der Waals surface area (Å²) in [6.45, 7) is 37.3. The van der Waals surface area contributed by atoms with Crippen LogP contribution in [0.25, 0.3) is 61.5 Å². The van der Waals surface area contributed by atoms with Crippen molar-refractivity contribution in [3.63, 3.8) is 0 Å². The van der Waals surface area contributed by atoms with Crippen LogP contribution in [-0.4, -0.2) is 19.6 Å². The molecule has 71 heavy (non-hydrogen) atoms. The molecular formula is C66H78N3OPt-. The molecule has 374 valence electrons. The van der Waals surface area contributed by atoms with Gasteiger partial charge in [0.15, 0.2) is 0 Å². The van der Waals surface area contributed by atoms with Crippen molar-refractivity contribution >= 4 is 11.0 Å². The Morgan fingerprint density at radius 3 is 1.69 bits per heavy atom. The van der Waals surface area contributed by atoms with E-state index in [0.29, 0.717) is 28.1 Å². The Balaban J connectivity index is 0.000000383. The molecule has 0 unspecified atom stereocenters. The Morgan fingerprint density at radius 1 is 0.577 bits per heavy atom. The van der Waals surface area contributed by atoms with Crippen LogP contribution >= 0.6 is 0 Å². The monoisotopic (exact) mass is 1130 g/mol. The Morgan fingerprint density at radius 2 is 1.15 bits per heavy atom. The van der Waals surface area contributed by atoms with Gasteiger partial charge in [-0.05, 0) is 127 Å². The first-order valence-corrected chi connectivity index (χ1v) is 24.6. The van der Waals surface area contributed by atoms with Crippen LogP contribution in [-0.2, 0) is 42.7 Å². The van der Waals surface area contributed by atoms with Gasteiger partial charge in [-0.2, -0.15) is 0 Å². The number of aromatic hydroxyl groups is 1. The summed E-state index contributed by atoms with van der Waals surface area (Å²) >= 11 is 0. The number of pyridine rings is 1. The van der Waals surface area contributed by atoms with Crippen molar-refractivity contribution in [2.45, 2.75) is 158 Å². The molecule has 6 aromatic carbocycles. The summed E-state index contributed by atoms with van der Waals surface area (Å²) in [6.07, 6.45) is 3.16. The fourth-order valence-electron chi connectivity index (χ4n) is 8.65. The number of rotatable bonds is 7. The molecule has 0 saturated heterocycles. The average molecular weight is 1130 g/mol. The van der Waals surface area contributed by atoms with Gasteiger partial charge in [0.1, 0.15) is 11.6 Å². The maximum atomic E-state index is 12.3. The number of phenolic OH excluding ortho intramolecular Hbond substituents is 1. The molecule has 4 nitrogen and oxygen atoms in total. The van der Waals surface area contributed by atoms with E-state index >= 15 is 0 Å².